The Hall–Kier alpha value is -1.75. The van der Waals surface area contributed by atoms with Crippen LogP contribution in [0.4, 0.5) is 0 Å². The number of sulfone groups is 1. The van der Waals surface area contributed by atoms with Crippen LogP contribution >= 0.6 is 0 Å². The fraction of sp³-hybridized carbons (Fsp3) is 0.0833. The zero-order valence-corrected chi connectivity index (χ0v) is 10.1. The first kappa shape index (κ1) is 11.7. The summed E-state index contributed by atoms with van der Waals surface area (Å²) in [6.07, 6.45) is 5.96. The molecule has 0 atom stereocenters. The van der Waals surface area contributed by atoms with Crippen molar-refractivity contribution in [2.45, 2.75) is 0 Å². The van der Waals surface area contributed by atoms with Crippen molar-refractivity contribution in [3.63, 3.8) is 0 Å². The van der Waals surface area contributed by atoms with E-state index >= 15 is 0 Å². The maximum atomic E-state index is 11.3. The first-order chi connectivity index (χ1) is 8.06. The van der Waals surface area contributed by atoms with E-state index in [9.17, 15) is 8.42 Å². The lowest BCUT2D eigenvalue weighted by Gasteiger charge is -2.06. The molecule has 0 aromatic carbocycles. The first-order valence-electron chi connectivity index (χ1n) is 4.96. The summed E-state index contributed by atoms with van der Waals surface area (Å²) in [5, 5.41) is 0. The van der Waals surface area contributed by atoms with Gasteiger partial charge in [-0.15, -0.1) is 0 Å². The van der Waals surface area contributed by atoms with Crippen LogP contribution in [0.1, 0.15) is 5.56 Å². The van der Waals surface area contributed by atoms with Crippen molar-refractivity contribution < 1.29 is 8.42 Å². The van der Waals surface area contributed by atoms with Crippen LogP contribution < -0.4 is 0 Å². The van der Waals surface area contributed by atoms with Gasteiger partial charge < -0.3 is 0 Å². The van der Waals surface area contributed by atoms with E-state index in [0.29, 0.717) is 5.56 Å². The van der Waals surface area contributed by atoms with Crippen LogP contribution in [-0.4, -0.2) is 24.6 Å². The molecule has 4 nitrogen and oxygen atoms in total. The molecule has 2 aromatic rings. The van der Waals surface area contributed by atoms with Crippen LogP contribution in [0.3, 0.4) is 0 Å². The van der Waals surface area contributed by atoms with E-state index in [-0.39, 0.29) is 0 Å². The summed E-state index contributed by atoms with van der Waals surface area (Å²) < 4.78 is 22.6. The average molecular weight is 247 g/mol. The Kier molecular flexibility index (Phi) is 3.19. The Balaban J connectivity index is 2.49. The smallest absolute Gasteiger partial charge is 0.156 e. The second-order valence-electron chi connectivity index (χ2n) is 3.63. The van der Waals surface area contributed by atoms with Gasteiger partial charge in [0.25, 0.3) is 0 Å². The maximum absolute atomic E-state index is 11.3. The van der Waals surface area contributed by atoms with Gasteiger partial charge >= 0.3 is 0 Å². The zero-order valence-electron chi connectivity index (χ0n) is 9.24. The summed E-state index contributed by atoms with van der Waals surface area (Å²) >= 11 is 0. The lowest BCUT2D eigenvalue weighted by atomic mass is 10.1. The quantitative estimate of drug-likeness (QED) is 0.828. The van der Waals surface area contributed by atoms with Gasteiger partial charge in [0.1, 0.15) is 5.75 Å². The minimum Gasteiger partial charge on any atom is -0.264 e. The largest absolute Gasteiger partial charge is 0.264 e. The molecule has 2 heterocycles. The molecule has 0 spiro atoms. The molecule has 0 amide bonds. The van der Waals surface area contributed by atoms with Crippen molar-refractivity contribution >= 4 is 9.84 Å². The van der Waals surface area contributed by atoms with E-state index < -0.39 is 9.84 Å². The summed E-state index contributed by atoms with van der Waals surface area (Å²) in [4.78, 5) is 8.13. The van der Waals surface area contributed by atoms with Crippen molar-refractivity contribution in [3.05, 3.63) is 54.2 Å². The maximum Gasteiger partial charge on any atom is 0.156 e. The third kappa shape index (κ3) is 3.10. The summed E-state index contributed by atoms with van der Waals surface area (Å²) in [5.41, 5.74) is 2.03. The average Bonchev–Trinajstić information content (AvgIpc) is 2.29. The SMILES string of the molecule is CS(=O)(=O)[CH]c1cnccc1-c1ccccn1. The van der Waals surface area contributed by atoms with Crippen molar-refractivity contribution in [1.29, 1.82) is 0 Å². The van der Waals surface area contributed by atoms with E-state index in [0.717, 1.165) is 17.5 Å². The Morgan fingerprint density at radius 1 is 1.18 bits per heavy atom. The van der Waals surface area contributed by atoms with Gasteiger partial charge in [0.15, 0.2) is 9.84 Å². The standard InChI is InChI=1S/C12H11N2O2S/c1-17(15,16)9-10-8-13-7-5-11(10)12-4-2-3-6-14-12/h2-9H,1H3. The Bertz CT molecular complexity index is 609. The highest BCUT2D eigenvalue weighted by Crippen LogP contribution is 2.22. The Morgan fingerprint density at radius 2 is 2.00 bits per heavy atom. The third-order valence-electron chi connectivity index (χ3n) is 2.13. The highest BCUT2D eigenvalue weighted by molar-refractivity contribution is 7.92. The predicted molar refractivity (Wildman–Crippen MR) is 65.7 cm³/mol. The summed E-state index contributed by atoms with van der Waals surface area (Å²) in [5.74, 6) is 1.20. The topological polar surface area (TPSA) is 59.9 Å². The summed E-state index contributed by atoms with van der Waals surface area (Å²) in [6, 6.07) is 7.24. The van der Waals surface area contributed by atoms with E-state index in [1.165, 1.54) is 11.9 Å². The molecule has 0 aliphatic rings. The van der Waals surface area contributed by atoms with Gasteiger partial charge in [0, 0.05) is 30.4 Å². The van der Waals surface area contributed by atoms with E-state index in [4.69, 9.17) is 0 Å². The minimum absolute atomic E-state index is 0.550. The molecule has 2 aromatic heterocycles. The lowest BCUT2D eigenvalue weighted by molar-refractivity contribution is 0.608. The fourth-order valence-corrected chi connectivity index (χ4v) is 2.14. The van der Waals surface area contributed by atoms with Crippen LogP contribution in [0.15, 0.2) is 42.9 Å². The normalized spacial score (nSPS) is 11.4. The molecule has 0 aliphatic carbocycles. The van der Waals surface area contributed by atoms with Gasteiger partial charge in [0.05, 0.1) is 5.69 Å². The van der Waals surface area contributed by atoms with Crippen LogP contribution in [0.2, 0.25) is 0 Å². The van der Waals surface area contributed by atoms with Gasteiger partial charge in [-0.05, 0) is 23.8 Å². The second-order valence-corrected chi connectivity index (χ2v) is 5.52. The molecule has 87 valence electrons. The zero-order chi connectivity index (χ0) is 12.3. The van der Waals surface area contributed by atoms with Gasteiger partial charge in [-0.25, -0.2) is 8.42 Å². The van der Waals surface area contributed by atoms with Crippen LogP contribution in [0, 0.1) is 5.75 Å². The van der Waals surface area contributed by atoms with E-state index in [1.54, 1.807) is 18.5 Å². The van der Waals surface area contributed by atoms with Gasteiger partial charge in [0.2, 0.25) is 0 Å². The van der Waals surface area contributed by atoms with Crippen molar-refractivity contribution in [1.82, 2.24) is 9.97 Å². The second kappa shape index (κ2) is 4.63. The van der Waals surface area contributed by atoms with Crippen molar-refractivity contribution in [3.8, 4) is 11.3 Å². The molecule has 0 bridgehead atoms. The monoisotopic (exact) mass is 247 g/mol. The molecule has 17 heavy (non-hydrogen) atoms. The first-order valence-corrected chi connectivity index (χ1v) is 6.92. The number of hydrogen-bond donors (Lipinski definition) is 0. The molecule has 0 N–H and O–H groups in total. The summed E-state index contributed by atoms with van der Waals surface area (Å²) in [7, 11) is -3.20. The van der Waals surface area contributed by atoms with Crippen molar-refractivity contribution in [2.24, 2.45) is 0 Å². The predicted octanol–water partition coefficient (Wildman–Crippen LogP) is 1.70. The highest BCUT2D eigenvalue weighted by atomic mass is 32.2. The Labute approximate surface area is 100 Å². The van der Waals surface area contributed by atoms with Gasteiger partial charge in [-0.3, -0.25) is 9.97 Å². The van der Waals surface area contributed by atoms with E-state index in [2.05, 4.69) is 9.97 Å². The molecule has 0 fully saturated rings. The van der Waals surface area contributed by atoms with E-state index in [1.807, 2.05) is 18.2 Å². The minimum atomic E-state index is -3.20. The fourth-order valence-electron chi connectivity index (χ4n) is 1.49. The van der Waals surface area contributed by atoms with Crippen molar-refractivity contribution in [2.75, 3.05) is 6.26 Å². The number of rotatable bonds is 3. The number of aromatic nitrogens is 2. The number of hydrogen-bond acceptors (Lipinski definition) is 4. The molecule has 1 radical (unpaired) electrons. The molecule has 0 saturated carbocycles. The lowest BCUT2D eigenvalue weighted by Crippen LogP contribution is -2.00. The van der Waals surface area contributed by atoms with Gasteiger partial charge in [-0.1, -0.05) is 6.07 Å². The molecule has 0 saturated heterocycles. The van der Waals surface area contributed by atoms with Crippen LogP contribution in [-0.2, 0) is 9.84 Å². The van der Waals surface area contributed by atoms with Crippen LogP contribution in [0.5, 0.6) is 0 Å². The molecule has 2 rings (SSSR count). The van der Waals surface area contributed by atoms with Crippen LogP contribution in [0.25, 0.3) is 11.3 Å². The Morgan fingerprint density at radius 3 is 2.65 bits per heavy atom. The third-order valence-corrected chi connectivity index (χ3v) is 2.82. The summed E-state index contributed by atoms with van der Waals surface area (Å²) in [6.45, 7) is 0. The molecular formula is C12H11N2O2S. The molecule has 5 heteroatoms. The molecule has 0 aliphatic heterocycles. The number of pyridine rings is 2. The highest BCUT2D eigenvalue weighted by Gasteiger charge is 2.11. The van der Waals surface area contributed by atoms with Gasteiger partial charge in [-0.2, -0.15) is 0 Å². The molecular weight excluding hydrogens is 236 g/mol. The number of nitrogens with zero attached hydrogens (tertiary/aromatic N) is 2. The molecule has 0 unspecified atom stereocenters.